The molecule has 3 N–H and O–H groups in total. The summed E-state index contributed by atoms with van der Waals surface area (Å²) in [4.78, 5) is 18.8. The van der Waals surface area contributed by atoms with E-state index in [4.69, 9.17) is 15.1 Å². The van der Waals surface area contributed by atoms with Gasteiger partial charge in [0.2, 0.25) is 5.91 Å². The van der Waals surface area contributed by atoms with Crippen molar-refractivity contribution in [3.05, 3.63) is 35.4 Å². The molecule has 2 aliphatic heterocycles. The van der Waals surface area contributed by atoms with Crippen LogP contribution in [0.15, 0.2) is 24.3 Å². The van der Waals surface area contributed by atoms with Gasteiger partial charge in [-0.25, -0.2) is 4.98 Å². The van der Waals surface area contributed by atoms with E-state index in [0.717, 1.165) is 79.8 Å². The quantitative estimate of drug-likeness (QED) is 0.534. The third kappa shape index (κ3) is 4.47. The van der Waals surface area contributed by atoms with E-state index in [1.54, 1.807) is 0 Å². The molecule has 0 radical (unpaired) electrons. The molecular weight excluding hydrogens is 378 g/mol. The number of ether oxygens (including phenoxy) is 1. The maximum atomic E-state index is 11.6. The van der Waals surface area contributed by atoms with Gasteiger partial charge in [-0.1, -0.05) is 18.2 Å². The molecule has 1 aromatic heterocycles. The normalized spacial score (nSPS) is 18.5. The fourth-order valence-corrected chi connectivity index (χ4v) is 4.58. The Morgan fingerprint density at radius 3 is 2.50 bits per heavy atom. The van der Waals surface area contributed by atoms with Crippen molar-refractivity contribution < 1.29 is 9.53 Å². The molecule has 2 saturated heterocycles. The maximum Gasteiger partial charge on any atom is 0.222 e. The number of para-hydroxylation sites is 1. The van der Waals surface area contributed by atoms with Crippen molar-refractivity contribution in [2.24, 2.45) is 0 Å². The Morgan fingerprint density at radius 2 is 1.80 bits per heavy atom. The maximum absolute atomic E-state index is 11.6. The lowest BCUT2D eigenvalue weighted by atomic mass is 9.98. The highest BCUT2D eigenvalue weighted by atomic mass is 16.5. The van der Waals surface area contributed by atoms with Crippen LogP contribution >= 0.6 is 0 Å². The van der Waals surface area contributed by atoms with E-state index in [9.17, 15) is 4.79 Å². The summed E-state index contributed by atoms with van der Waals surface area (Å²) in [5.74, 6) is 0.683. The number of pyridine rings is 1. The van der Waals surface area contributed by atoms with Crippen LogP contribution in [-0.4, -0.2) is 55.1 Å². The number of piperidine rings is 1. The molecule has 2 fully saturated rings. The predicted octanol–water partition coefficient (Wildman–Crippen LogP) is 2.74. The zero-order chi connectivity index (χ0) is 21.1. The highest BCUT2D eigenvalue weighted by Crippen LogP contribution is 2.30. The van der Waals surface area contributed by atoms with E-state index in [1.807, 2.05) is 31.2 Å². The number of aromatic nitrogens is 1. The molecule has 7 heteroatoms. The van der Waals surface area contributed by atoms with Gasteiger partial charge < -0.3 is 20.3 Å². The summed E-state index contributed by atoms with van der Waals surface area (Å²) in [5.41, 5.74) is 2.63. The van der Waals surface area contributed by atoms with Gasteiger partial charge in [-0.2, -0.15) is 0 Å². The van der Waals surface area contributed by atoms with Gasteiger partial charge in [-0.3, -0.25) is 10.2 Å². The lowest BCUT2D eigenvalue weighted by Gasteiger charge is -2.37. The number of rotatable bonds is 4. The minimum absolute atomic E-state index is 0.121. The minimum atomic E-state index is -0.238. The van der Waals surface area contributed by atoms with Gasteiger partial charge in [0, 0.05) is 50.7 Å². The Morgan fingerprint density at radius 1 is 1.13 bits per heavy atom. The van der Waals surface area contributed by atoms with Gasteiger partial charge in [0.15, 0.2) is 0 Å². The standard InChI is InChI=1S/C23H31N5O2/c1-15-19-5-3-4-6-20(19)27-23(21(15)22(24)25-16(2)29)28-11-7-17(8-12-28)26-18-9-13-30-14-10-18/h3-6,17-18,26H,7-14H2,1-2H3,(H2,24,25,29). The van der Waals surface area contributed by atoms with E-state index >= 15 is 0 Å². The van der Waals surface area contributed by atoms with Crippen molar-refractivity contribution in [1.29, 1.82) is 5.41 Å². The van der Waals surface area contributed by atoms with Crippen LogP contribution in [0.1, 0.15) is 43.7 Å². The summed E-state index contributed by atoms with van der Waals surface area (Å²) in [6, 6.07) is 9.06. The number of benzene rings is 1. The van der Waals surface area contributed by atoms with Crippen LogP contribution in [0.5, 0.6) is 0 Å². The first-order chi connectivity index (χ1) is 14.5. The lowest BCUT2D eigenvalue weighted by Crippen LogP contribution is -2.48. The predicted molar refractivity (Wildman–Crippen MR) is 119 cm³/mol. The average Bonchev–Trinajstić information content (AvgIpc) is 2.74. The number of aryl methyl sites for hydroxylation is 1. The molecule has 7 nitrogen and oxygen atoms in total. The van der Waals surface area contributed by atoms with Crippen molar-refractivity contribution >= 4 is 28.5 Å². The lowest BCUT2D eigenvalue weighted by molar-refractivity contribution is -0.117. The van der Waals surface area contributed by atoms with Crippen LogP contribution in [0.25, 0.3) is 10.9 Å². The second-order valence-corrected chi connectivity index (χ2v) is 8.32. The topological polar surface area (TPSA) is 90.3 Å². The number of hydrogen-bond acceptors (Lipinski definition) is 6. The third-order valence-electron chi connectivity index (χ3n) is 6.17. The zero-order valence-corrected chi connectivity index (χ0v) is 17.8. The number of fused-ring (bicyclic) bond motifs is 1. The number of carbonyl (C=O) groups excluding carboxylic acids is 1. The highest BCUT2D eigenvalue weighted by Gasteiger charge is 2.27. The first kappa shape index (κ1) is 20.8. The van der Waals surface area contributed by atoms with Crippen LogP contribution in [0.2, 0.25) is 0 Å². The van der Waals surface area contributed by atoms with Crippen molar-refractivity contribution in [3.63, 3.8) is 0 Å². The Labute approximate surface area is 177 Å². The molecule has 3 heterocycles. The molecule has 1 aromatic carbocycles. The number of nitrogens with zero attached hydrogens (tertiary/aromatic N) is 2. The number of amidine groups is 1. The van der Waals surface area contributed by atoms with Gasteiger partial charge in [0.05, 0.1) is 11.1 Å². The van der Waals surface area contributed by atoms with Crippen LogP contribution in [0.3, 0.4) is 0 Å². The second kappa shape index (κ2) is 9.10. The van der Waals surface area contributed by atoms with E-state index < -0.39 is 0 Å². The van der Waals surface area contributed by atoms with Crippen LogP contribution in [0.4, 0.5) is 5.82 Å². The summed E-state index contributed by atoms with van der Waals surface area (Å²) >= 11 is 0. The molecule has 160 valence electrons. The van der Waals surface area contributed by atoms with Crippen molar-refractivity contribution in [1.82, 2.24) is 15.6 Å². The second-order valence-electron chi connectivity index (χ2n) is 8.32. The Bertz CT molecular complexity index is 931. The monoisotopic (exact) mass is 409 g/mol. The molecular formula is C23H31N5O2. The molecule has 1 amide bonds. The van der Waals surface area contributed by atoms with Crippen LogP contribution in [-0.2, 0) is 9.53 Å². The summed E-state index contributed by atoms with van der Waals surface area (Å²) in [7, 11) is 0. The Balaban J connectivity index is 1.57. The summed E-state index contributed by atoms with van der Waals surface area (Å²) in [5, 5.41) is 16.0. The SMILES string of the molecule is CC(=O)NC(=N)c1c(N2CCC(NC3CCOCC3)CC2)nc2ccccc2c1C. The minimum Gasteiger partial charge on any atom is -0.381 e. The summed E-state index contributed by atoms with van der Waals surface area (Å²) in [6.45, 7) is 6.92. The van der Waals surface area contributed by atoms with Crippen molar-refractivity contribution in [3.8, 4) is 0 Å². The third-order valence-corrected chi connectivity index (χ3v) is 6.17. The number of anilines is 1. The Kier molecular flexibility index (Phi) is 6.29. The average molecular weight is 410 g/mol. The summed E-state index contributed by atoms with van der Waals surface area (Å²) < 4.78 is 5.47. The van der Waals surface area contributed by atoms with Crippen molar-refractivity contribution in [2.45, 2.75) is 51.6 Å². The summed E-state index contributed by atoms with van der Waals surface area (Å²) in [6.07, 6.45) is 4.25. The number of nitrogens with one attached hydrogen (secondary N) is 3. The Hall–Kier alpha value is -2.51. The van der Waals surface area contributed by atoms with Gasteiger partial charge in [-0.15, -0.1) is 0 Å². The van der Waals surface area contributed by atoms with E-state index in [2.05, 4.69) is 15.5 Å². The largest absolute Gasteiger partial charge is 0.381 e. The van der Waals surface area contributed by atoms with Crippen molar-refractivity contribution in [2.75, 3.05) is 31.2 Å². The van der Waals surface area contributed by atoms with E-state index in [-0.39, 0.29) is 11.7 Å². The molecule has 30 heavy (non-hydrogen) atoms. The number of carbonyl (C=O) groups is 1. The first-order valence-electron chi connectivity index (χ1n) is 10.9. The van der Waals surface area contributed by atoms with Crippen LogP contribution in [0, 0.1) is 12.3 Å². The molecule has 0 saturated carbocycles. The smallest absolute Gasteiger partial charge is 0.222 e. The molecule has 0 aliphatic carbocycles. The van der Waals surface area contributed by atoms with E-state index in [0.29, 0.717) is 12.1 Å². The van der Waals surface area contributed by atoms with Gasteiger partial charge in [0.25, 0.3) is 0 Å². The highest BCUT2D eigenvalue weighted by molar-refractivity contribution is 6.11. The number of amides is 1. The molecule has 2 aliphatic rings. The van der Waals surface area contributed by atoms with Gasteiger partial charge >= 0.3 is 0 Å². The fraction of sp³-hybridized carbons (Fsp3) is 0.522. The van der Waals surface area contributed by atoms with Gasteiger partial charge in [-0.05, 0) is 44.2 Å². The van der Waals surface area contributed by atoms with Crippen LogP contribution < -0.4 is 15.5 Å². The number of hydrogen-bond donors (Lipinski definition) is 3. The zero-order valence-electron chi connectivity index (χ0n) is 17.8. The fourth-order valence-electron chi connectivity index (χ4n) is 4.58. The molecule has 0 spiro atoms. The molecule has 0 unspecified atom stereocenters. The molecule has 4 rings (SSSR count). The molecule has 0 atom stereocenters. The molecule has 0 bridgehead atoms. The first-order valence-corrected chi connectivity index (χ1v) is 10.9. The van der Waals surface area contributed by atoms with Gasteiger partial charge in [0.1, 0.15) is 11.7 Å². The molecule has 2 aromatic rings. The van der Waals surface area contributed by atoms with E-state index in [1.165, 1.54) is 6.92 Å².